The molecule has 1 aromatic heterocycles. The van der Waals surface area contributed by atoms with Crippen molar-refractivity contribution in [1.29, 1.82) is 0 Å². The quantitative estimate of drug-likeness (QED) is 0.538. The van der Waals surface area contributed by atoms with Gasteiger partial charge >= 0.3 is 7.82 Å². The average Bonchev–Trinajstić information content (AvgIpc) is 2.73. The van der Waals surface area contributed by atoms with Crippen molar-refractivity contribution in [2.75, 3.05) is 18.2 Å². The van der Waals surface area contributed by atoms with Gasteiger partial charge in [0.15, 0.2) is 0 Å². The summed E-state index contributed by atoms with van der Waals surface area (Å²) in [6, 6.07) is 0. The Morgan fingerprint density at radius 1 is 1.50 bits per heavy atom. The van der Waals surface area contributed by atoms with Gasteiger partial charge in [-0.1, -0.05) is 11.8 Å². The average molecular weight is 347 g/mol. The molecule has 5 N–H and O–H groups in total. The monoisotopic (exact) mass is 347 g/mol. The molecule has 0 amide bonds. The lowest BCUT2D eigenvalue weighted by Gasteiger charge is -2.14. The second-order valence-electron chi connectivity index (χ2n) is 5.02. The third-order valence-corrected chi connectivity index (χ3v) is 5.25. The number of hydrogen-bond acceptors (Lipinski definition) is 6. The van der Waals surface area contributed by atoms with E-state index in [1.165, 1.54) is 4.90 Å². The van der Waals surface area contributed by atoms with Crippen molar-refractivity contribution < 1.29 is 23.8 Å². The predicted octanol–water partition coefficient (Wildman–Crippen LogP) is 0.187. The molecule has 0 radical (unpaired) electrons. The molecule has 10 heteroatoms. The smallest absolute Gasteiger partial charge is 0.383 e. The maximum Gasteiger partial charge on any atom is 0.469 e. The number of aryl methyl sites for hydroxylation is 1. The van der Waals surface area contributed by atoms with Gasteiger partial charge in [0.25, 0.3) is 0 Å². The normalized spacial score (nSPS) is 19.0. The molecule has 0 aromatic carbocycles. The summed E-state index contributed by atoms with van der Waals surface area (Å²) in [7, 11) is -4.40. The van der Waals surface area contributed by atoms with E-state index in [-0.39, 0.29) is 6.61 Å². The van der Waals surface area contributed by atoms with Crippen molar-refractivity contribution in [3.63, 3.8) is 0 Å². The van der Waals surface area contributed by atoms with Gasteiger partial charge in [0, 0.05) is 24.4 Å². The molecule has 1 aliphatic rings. The number of nitrogens with two attached hydrogens (primary N) is 1. The van der Waals surface area contributed by atoms with Crippen LogP contribution in [0.2, 0.25) is 0 Å². The molecule has 2 heterocycles. The van der Waals surface area contributed by atoms with Crippen LogP contribution in [0.1, 0.15) is 24.7 Å². The second kappa shape index (κ2) is 7.08. The molecule has 0 spiro atoms. The predicted molar refractivity (Wildman–Crippen MR) is 83.6 cm³/mol. The number of anilines is 1. The lowest BCUT2D eigenvalue weighted by molar-refractivity contribution is -0.859. The van der Waals surface area contributed by atoms with E-state index < -0.39 is 7.82 Å². The van der Waals surface area contributed by atoms with Crippen LogP contribution in [-0.4, -0.2) is 32.2 Å². The van der Waals surface area contributed by atoms with Crippen LogP contribution in [-0.2, 0) is 15.6 Å². The first-order valence-corrected chi connectivity index (χ1v) is 9.23. The Bertz CT molecular complexity index is 634. The summed E-state index contributed by atoms with van der Waals surface area (Å²) in [4.78, 5) is 28.0. The first-order valence-electron chi connectivity index (χ1n) is 6.72. The van der Waals surface area contributed by atoms with Crippen molar-refractivity contribution in [3.05, 3.63) is 28.2 Å². The maximum atomic E-state index is 10.7. The van der Waals surface area contributed by atoms with Crippen LogP contribution in [0.15, 0.2) is 16.8 Å². The molecule has 1 aromatic rings. The number of phosphoric acid groups is 1. The fraction of sp³-hybridized carbons (Fsp3) is 0.500. The topological polar surface area (TPSA) is 123 Å². The zero-order chi connectivity index (χ0) is 16.3. The van der Waals surface area contributed by atoms with Crippen LogP contribution in [0.5, 0.6) is 0 Å². The summed E-state index contributed by atoms with van der Waals surface area (Å²) in [6.45, 7) is 4.50. The molecular formula is C12H20N4O4PS+. The SMILES string of the molecule is CC1=C(CCOP(=O)(O)O)SC[NH+]1Cc1cnc(C)nc1N. The van der Waals surface area contributed by atoms with Crippen molar-refractivity contribution in [3.8, 4) is 0 Å². The van der Waals surface area contributed by atoms with E-state index >= 15 is 0 Å². The number of thioether (sulfide) groups is 1. The third kappa shape index (κ3) is 4.77. The lowest BCUT2D eigenvalue weighted by atomic mass is 10.2. The minimum Gasteiger partial charge on any atom is -0.383 e. The summed E-state index contributed by atoms with van der Waals surface area (Å²) < 4.78 is 15.2. The van der Waals surface area contributed by atoms with Gasteiger partial charge < -0.3 is 15.5 Å². The molecule has 22 heavy (non-hydrogen) atoms. The van der Waals surface area contributed by atoms with Gasteiger partial charge in [0.1, 0.15) is 29.8 Å². The van der Waals surface area contributed by atoms with Crippen LogP contribution in [0.4, 0.5) is 5.82 Å². The Hall–Kier alpha value is -0.960. The Morgan fingerprint density at radius 2 is 2.23 bits per heavy atom. The molecule has 1 atom stereocenters. The summed E-state index contributed by atoms with van der Waals surface area (Å²) >= 11 is 1.67. The number of rotatable bonds is 6. The highest BCUT2D eigenvalue weighted by Crippen LogP contribution is 2.37. The number of quaternary nitrogens is 1. The van der Waals surface area contributed by atoms with Crippen LogP contribution in [0.25, 0.3) is 0 Å². The van der Waals surface area contributed by atoms with E-state index in [9.17, 15) is 4.57 Å². The van der Waals surface area contributed by atoms with Gasteiger partial charge in [-0.05, 0) is 6.92 Å². The molecule has 0 saturated carbocycles. The largest absolute Gasteiger partial charge is 0.469 e. The van der Waals surface area contributed by atoms with Crippen LogP contribution < -0.4 is 10.6 Å². The number of nitrogens with one attached hydrogen (secondary N) is 1. The van der Waals surface area contributed by atoms with Crippen LogP contribution >= 0.6 is 19.6 Å². The molecule has 0 saturated heterocycles. The lowest BCUT2D eigenvalue weighted by Crippen LogP contribution is -3.06. The molecular weight excluding hydrogens is 327 g/mol. The van der Waals surface area contributed by atoms with Crippen molar-refractivity contribution in [2.45, 2.75) is 26.8 Å². The molecule has 0 fully saturated rings. The summed E-state index contributed by atoms with van der Waals surface area (Å²) in [5.41, 5.74) is 7.95. The second-order valence-corrected chi connectivity index (χ2v) is 7.33. The Labute approximate surface area is 133 Å². The highest BCUT2D eigenvalue weighted by Gasteiger charge is 2.26. The van der Waals surface area contributed by atoms with E-state index in [4.69, 9.17) is 15.5 Å². The number of allylic oxidation sites excluding steroid dienone is 1. The van der Waals surface area contributed by atoms with Crippen molar-refractivity contribution in [2.24, 2.45) is 0 Å². The summed E-state index contributed by atoms with van der Waals surface area (Å²) in [6.07, 6.45) is 2.24. The number of nitrogens with zero attached hydrogens (tertiary/aromatic N) is 2. The molecule has 1 aliphatic heterocycles. The van der Waals surface area contributed by atoms with Gasteiger partial charge in [-0.25, -0.2) is 14.5 Å². The van der Waals surface area contributed by atoms with Gasteiger partial charge in [-0.2, -0.15) is 0 Å². The third-order valence-electron chi connectivity index (χ3n) is 3.38. The standard InChI is InChI=1S/C12H19N4O4PS/c1-8-11(3-4-20-21(17,18)19)22-7-16(8)6-10-5-14-9(2)15-12(10)13/h5H,3-4,6-7H2,1-2H3,(H2,13,14,15)(H2,17,18,19)/p+1. The zero-order valence-corrected chi connectivity index (χ0v) is 14.2. The van der Waals surface area contributed by atoms with E-state index in [1.54, 1.807) is 24.9 Å². The molecule has 122 valence electrons. The zero-order valence-electron chi connectivity index (χ0n) is 12.4. The van der Waals surface area contributed by atoms with E-state index in [0.717, 1.165) is 22.0 Å². The van der Waals surface area contributed by atoms with Gasteiger partial charge in [-0.3, -0.25) is 9.42 Å². The maximum absolute atomic E-state index is 10.7. The minimum atomic E-state index is -4.40. The van der Waals surface area contributed by atoms with Crippen LogP contribution in [0.3, 0.4) is 0 Å². The molecule has 0 bridgehead atoms. The molecule has 2 rings (SSSR count). The van der Waals surface area contributed by atoms with E-state index in [1.807, 2.05) is 6.92 Å². The fourth-order valence-corrected chi connectivity index (χ4v) is 3.75. The Morgan fingerprint density at radius 3 is 2.86 bits per heavy atom. The van der Waals surface area contributed by atoms with E-state index in [2.05, 4.69) is 14.5 Å². The fourth-order valence-electron chi connectivity index (χ4n) is 2.17. The number of aromatic nitrogens is 2. The number of nitrogen functional groups attached to an aromatic ring is 1. The van der Waals surface area contributed by atoms with Crippen molar-refractivity contribution >= 4 is 25.4 Å². The highest BCUT2D eigenvalue weighted by molar-refractivity contribution is 8.03. The van der Waals surface area contributed by atoms with E-state index in [0.29, 0.717) is 24.6 Å². The number of phosphoric ester groups is 1. The summed E-state index contributed by atoms with van der Waals surface area (Å²) in [5.74, 6) is 1.98. The summed E-state index contributed by atoms with van der Waals surface area (Å²) in [5, 5.41) is 0. The van der Waals surface area contributed by atoms with Gasteiger partial charge in [0.05, 0.1) is 12.2 Å². The number of hydrogen-bond donors (Lipinski definition) is 4. The Kier molecular flexibility index (Phi) is 5.60. The molecule has 8 nitrogen and oxygen atoms in total. The van der Waals surface area contributed by atoms with Gasteiger partial charge in [0.2, 0.25) is 0 Å². The van der Waals surface area contributed by atoms with Crippen molar-refractivity contribution in [1.82, 2.24) is 9.97 Å². The molecule has 0 aliphatic carbocycles. The highest BCUT2D eigenvalue weighted by atomic mass is 32.2. The first-order chi connectivity index (χ1) is 10.3. The Balaban J connectivity index is 1.97. The van der Waals surface area contributed by atoms with Gasteiger partial charge in [-0.15, -0.1) is 0 Å². The minimum absolute atomic E-state index is 0.00696. The first kappa shape index (κ1) is 17.4. The van der Waals surface area contributed by atoms with Crippen LogP contribution in [0, 0.1) is 6.92 Å². The molecule has 1 unspecified atom stereocenters.